The molecule has 0 radical (unpaired) electrons. The molecule has 1 saturated heterocycles. The third-order valence-electron chi connectivity index (χ3n) is 7.66. The van der Waals surface area contributed by atoms with E-state index in [-0.39, 0.29) is 30.2 Å². The van der Waals surface area contributed by atoms with Gasteiger partial charge in [-0.3, -0.25) is 0 Å². The first-order valence-electron chi connectivity index (χ1n) is 12.4. The Labute approximate surface area is 231 Å². The van der Waals surface area contributed by atoms with Crippen molar-refractivity contribution >= 4 is 27.4 Å². The van der Waals surface area contributed by atoms with Crippen LogP contribution < -0.4 is 0 Å². The van der Waals surface area contributed by atoms with E-state index in [0.29, 0.717) is 17.0 Å². The number of hydrogen-bond acceptors (Lipinski definition) is 5. The number of aliphatic hydroxyl groups excluding tert-OH is 1. The monoisotopic (exact) mass is 589 g/mol. The summed E-state index contributed by atoms with van der Waals surface area (Å²) in [5, 5.41) is 18.1. The third kappa shape index (κ3) is 4.48. The van der Waals surface area contributed by atoms with Gasteiger partial charge in [0, 0.05) is 23.4 Å². The van der Waals surface area contributed by atoms with Crippen LogP contribution in [0.1, 0.15) is 34.2 Å². The molecule has 1 aliphatic heterocycles. The summed E-state index contributed by atoms with van der Waals surface area (Å²) < 4.78 is 82.9. The quantitative estimate of drug-likeness (QED) is 0.297. The summed E-state index contributed by atoms with van der Waals surface area (Å²) in [5.41, 5.74) is 1.12. The predicted molar refractivity (Wildman–Crippen MR) is 142 cm³/mol. The van der Waals surface area contributed by atoms with E-state index in [4.69, 9.17) is 0 Å². The lowest BCUT2D eigenvalue weighted by Gasteiger charge is -2.48. The summed E-state index contributed by atoms with van der Waals surface area (Å²) in [6.45, 7) is 0.0243. The summed E-state index contributed by atoms with van der Waals surface area (Å²) >= 11 is 1.36. The van der Waals surface area contributed by atoms with Crippen molar-refractivity contribution in [2.75, 3.05) is 13.1 Å². The predicted octanol–water partition coefficient (Wildman–Crippen LogP) is 5.85. The minimum atomic E-state index is -4.58. The minimum Gasteiger partial charge on any atom is -0.387 e. The maximum atomic E-state index is 13.6. The number of rotatable bonds is 5. The van der Waals surface area contributed by atoms with E-state index in [1.54, 1.807) is 29.1 Å². The van der Waals surface area contributed by atoms with Crippen LogP contribution >= 0.6 is 11.3 Å². The molecular formula is C28H23F4N3O3S2. The Bertz CT molecular complexity index is 1680. The fraction of sp³-hybridized carbons (Fsp3) is 0.250. The largest absolute Gasteiger partial charge is 0.416 e. The van der Waals surface area contributed by atoms with Gasteiger partial charge in [-0.05, 0) is 84.5 Å². The molecule has 4 aromatic rings. The van der Waals surface area contributed by atoms with Crippen LogP contribution in [0.2, 0.25) is 0 Å². The highest BCUT2D eigenvalue weighted by molar-refractivity contribution is 7.89. The molecule has 0 spiro atoms. The Kier molecular flexibility index (Phi) is 6.49. The summed E-state index contributed by atoms with van der Waals surface area (Å²) in [5.74, 6) is -0.372. The van der Waals surface area contributed by atoms with E-state index in [9.17, 15) is 31.1 Å². The highest BCUT2D eigenvalue weighted by Crippen LogP contribution is 2.52. The normalized spacial score (nSPS) is 20.5. The Morgan fingerprint density at radius 3 is 2.42 bits per heavy atom. The second kappa shape index (κ2) is 9.65. The van der Waals surface area contributed by atoms with Crippen molar-refractivity contribution in [1.82, 2.24) is 14.1 Å². The van der Waals surface area contributed by atoms with E-state index in [0.717, 1.165) is 41.1 Å². The first-order valence-corrected chi connectivity index (χ1v) is 14.7. The van der Waals surface area contributed by atoms with Gasteiger partial charge >= 0.3 is 6.18 Å². The molecule has 2 aromatic heterocycles. The molecular weight excluding hydrogens is 566 g/mol. The molecule has 6 rings (SSSR count). The number of thiophene rings is 1. The number of sulfonamides is 1. The number of aromatic nitrogens is 2. The van der Waals surface area contributed by atoms with Crippen LogP contribution in [0.15, 0.2) is 82.7 Å². The van der Waals surface area contributed by atoms with Crippen molar-refractivity contribution in [3.63, 3.8) is 0 Å². The summed E-state index contributed by atoms with van der Waals surface area (Å²) in [6.07, 6.45) is -1.44. The first-order chi connectivity index (χ1) is 19.0. The van der Waals surface area contributed by atoms with Gasteiger partial charge in [0.2, 0.25) is 10.0 Å². The molecule has 208 valence electrons. The van der Waals surface area contributed by atoms with Crippen molar-refractivity contribution in [1.29, 1.82) is 0 Å². The Balaban J connectivity index is 1.40. The van der Waals surface area contributed by atoms with Crippen molar-refractivity contribution in [2.24, 2.45) is 5.41 Å². The summed E-state index contributed by atoms with van der Waals surface area (Å²) in [4.78, 5) is 0.434. The molecule has 2 aromatic carbocycles. The van der Waals surface area contributed by atoms with Gasteiger partial charge in [0.1, 0.15) is 5.82 Å². The van der Waals surface area contributed by atoms with Crippen molar-refractivity contribution < 1.29 is 31.1 Å². The van der Waals surface area contributed by atoms with Gasteiger partial charge in [-0.25, -0.2) is 17.5 Å². The number of hydrogen-bond donors (Lipinski definition) is 1. The standard InChI is InChI=1S/C28H23F4N3O3S2/c29-21-5-7-22(8-6-21)35-24-14-20-11-12-34(40(37,38)23-9-3-19(4-10-23)28(30,31)32)17-27(20,15-18(24)16-33-35)26(36)25-2-1-13-39-25/h1-10,13-14,16,26,36H,11-12,15,17H2/t26?,27-/m0/s1. The van der Waals surface area contributed by atoms with Gasteiger partial charge in [0.25, 0.3) is 0 Å². The molecule has 40 heavy (non-hydrogen) atoms. The molecule has 3 heterocycles. The van der Waals surface area contributed by atoms with Gasteiger partial charge in [-0.15, -0.1) is 11.3 Å². The number of benzene rings is 2. The summed E-state index contributed by atoms with van der Waals surface area (Å²) in [6, 6.07) is 13.0. The molecule has 6 nitrogen and oxygen atoms in total. The number of halogens is 4. The number of aliphatic hydroxyl groups is 1. The lowest BCUT2D eigenvalue weighted by Crippen LogP contribution is -2.51. The van der Waals surface area contributed by atoms with Crippen LogP contribution in [0.5, 0.6) is 0 Å². The number of alkyl halides is 3. The van der Waals surface area contributed by atoms with Crippen LogP contribution in [0.3, 0.4) is 0 Å². The number of piperidine rings is 1. The second-order valence-electron chi connectivity index (χ2n) is 9.97. The molecule has 1 unspecified atom stereocenters. The zero-order valence-corrected chi connectivity index (χ0v) is 22.5. The smallest absolute Gasteiger partial charge is 0.387 e. The van der Waals surface area contributed by atoms with E-state index in [2.05, 4.69) is 5.10 Å². The van der Waals surface area contributed by atoms with Crippen LogP contribution in [-0.4, -0.2) is 40.7 Å². The van der Waals surface area contributed by atoms with Crippen LogP contribution in [-0.2, 0) is 22.6 Å². The average molecular weight is 590 g/mol. The van der Waals surface area contributed by atoms with Gasteiger partial charge in [0.05, 0.1) is 34.1 Å². The van der Waals surface area contributed by atoms with E-state index < -0.39 is 33.3 Å². The molecule has 0 bridgehead atoms. The summed E-state index contributed by atoms with van der Waals surface area (Å²) in [7, 11) is -4.16. The zero-order chi connectivity index (χ0) is 28.3. The van der Waals surface area contributed by atoms with Gasteiger partial charge < -0.3 is 5.11 Å². The second-order valence-corrected chi connectivity index (χ2v) is 12.9. The molecule has 1 aliphatic carbocycles. The Hall–Kier alpha value is -3.32. The van der Waals surface area contributed by atoms with E-state index in [1.807, 2.05) is 17.5 Å². The maximum absolute atomic E-state index is 13.6. The Morgan fingerprint density at radius 2 is 1.77 bits per heavy atom. The fourth-order valence-corrected chi connectivity index (χ4v) is 7.93. The van der Waals surface area contributed by atoms with Crippen LogP contribution in [0.25, 0.3) is 11.8 Å². The minimum absolute atomic E-state index is 0.0670. The van der Waals surface area contributed by atoms with Gasteiger partial charge in [-0.1, -0.05) is 11.6 Å². The molecule has 2 atom stereocenters. The van der Waals surface area contributed by atoms with E-state index in [1.165, 1.54) is 27.8 Å². The van der Waals surface area contributed by atoms with Gasteiger partial charge in [0.15, 0.2) is 0 Å². The molecule has 1 N–H and O–H groups in total. The molecule has 12 heteroatoms. The molecule has 0 saturated carbocycles. The number of nitrogens with zero attached hydrogens (tertiary/aromatic N) is 3. The Morgan fingerprint density at radius 1 is 1.05 bits per heavy atom. The molecule has 0 amide bonds. The fourth-order valence-electron chi connectivity index (χ4n) is 5.60. The highest BCUT2D eigenvalue weighted by atomic mass is 32.2. The number of fused-ring (bicyclic) bond motifs is 2. The maximum Gasteiger partial charge on any atom is 0.416 e. The molecule has 2 aliphatic rings. The molecule has 1 fully saturated rings. The van der Waals surface area contributed by atoms with E-state index >= 15 is 0 Å². The third-order valence-corrected chi connectivity index (χ3v) is 10.4. The van der Waals surface area contributed by atoms with Gasteiger partial charge in [-0.2, -0.15) is 22.6 Å². The average Bonchev–Trinajstić information content (AvgIpc) is 3.61. The topological polar surface area (TPSA) is 75.4 Å². The zero-order valence-electron chi connectivity index (χ0n) is 20.8. The van der Waals surface area contributed by atoms with Crippen LogP contribution in [0.4, 0.5) is 17.6 Å². The first kappa shape index (κ1) is 26.9. The van der Waals surface area contributed by atoms with Crippen LogP contribution in [0, 0.1) is 11.2 Å². The lowest BCUT2D eigenvalue weighted by atomic mass is 9.65. The van der Waals surface area contributed by atoms with Crippen molar-refractivity contribution in [2.45, 2.75) is 30.0 Å². The lowest BCUT2D eigenvalue weighted by molar-refractivity contribution is -0.137. The SMILES string of the molecule is O=S(=O)(c1ccc(C(F)(F)F)cc1)N1CCC2=Cc3c(cnn3-c3ccc(F)cc3)C[C@]2(C(O)c2cccs2)C1. The van der Waals surface area contributed by atoms with Crippen molar-refractivity contribution in [3.8, 4) is 5.69 Å². The van der Waals surface area contributed by atoms with Crippen molar-refractivity contribution in [3.05, 3.63) is 105 Å². The highest BCUT2D eigenvalue weighted by Gasteiger charge is 2.51.